The van der Waals surface area contributed by atoms with Crippen LogP contribution in [0.1, 0.15) is 30.2 Å². The van der Waals surface area contributed by atoms with Gasteiger partial charge >= 0.3 is 0 Å². The van der Waals surface area contributed by atoms with Crippen LogP contribution in [-0.2, 0) is 10.3 Å². The molecule has 2 N–H and O–H groups in total. The summed E-state index contributed by atoms with van der Waals surface area (Å²) in [5.74, 6) is 0.307. The van der Waals surface area contributed by atoms with Crippen molar-refractivity contribution in [2.75, 3.05) is 7.05 Å². The molecule has 1 aliphatic heterocycles. The monoisotopic (exact) mass is 398 g/mol. The Kier molecular flexibility index (Phi) is 4.25. The number of thiophene rings is 1. The van der Waals surface area contributed by atoms with Crippen LogP contribution in [0.15, 0.2) is 30.3 Å². The first-order valence-electron chi connectivity index (χ1n) is 8.79. The van der Waals surface area contributed by atoms with Gasteiger partial charge in [-0.3, -0.25) is 15.1 Å². The summed E-state index contributed by atoms with van der Waals surface area (Å²) in [5.41, 5.74) is 0.793. The lowest BCUT2D eigenvalue weighted by Gasteiger charge is -2.45. The minimum Gasteiger partial charge on any atom is -0.345 e. The van der Waals surface area contributed by atoms with Crippen molar-refractivity contribution in [2.24, 2.45) is 11.8 Å². The minimum atomic E-state index is -0.610. The van der Waals surface area contributed by atoms with E-state index in [-0.39, 0.29) is 17.8 Å². The van der Waals surface area contributed by atoms with Crippen LogP contribution in [0.25, 0.3) is 10.4 Å². The lowest BCUT2D eigenvalue weighted by molar-refractivity contribution is -0.136. The SMILES string of the molecule is CN1C(=N)N[C@](C)(c2ccc(-c3cc(Cl)cc(C#N)c3)s2)C(C2CC2)C1=O. The van der Waals surface area contributed by atoms with Gasteiger partial charge in [0.15, 0.2) is 5.96 Å². The number of rotatable bonds is 3. The molecule has 2 fully saturated rings. The van der Waals surface area contributed by atoms with Crippen LogP contribution in [0.4, 0.5) is 0 Å². The molecule has 2 aliphatic rings. The molecule has 2 heterocycles. The Morgan fingerprint density at radius 3 is 2.78 bits per heavy atom. The van der Waals surface area contributed by atoms with Gasteiger partial charge in [0.1, 0.15) is 0 Å². The molecule has 1 saturated carbocycles. The van der Waals surface area contributed by atoms with Crippen LogP contribution < -0.4 is 5.32 Å². The molecule has 2 aromatic rings. The molecule has 4 rings (SSSR count). The summed E-state index contributed by atoms with van der Waals surface area (Å²) in [4.78, 5) is 16.3. The lowest BCUT2D eigenvalue weighted by atomic mass is 9.78. The Morgan fingerprint density at radius 2 is 2.11 bits per heavy atom. The van der Waals surface area contributed by atoms with Gasteiger partial charge in [-0.15, -0.1) is 11.3 Å². The maximum atomic E-state index is 12.9. The van der Waals surface area contributed by atoms with E-state index in [1.807, 2.05) is 31.2 Å². The number of benzene rings is 1. The summed E-state index contributed by atoms with van der Waals surface area (Å²) in [6.07, 6.45) is 2.10. The van der Waals surface area contributed by atoms with E-state index in [9.17, 15) is 10.1 Å². The number of hydrogen-bond donors (Lipinski definition) is 2. The Balaban J connectivity index is 1.75. The van der Waals surface area contributed by atoms with Crippen LogP contribution in [0, 0.1) is 28.6 Å². The van der Waals surface area contributed by atoms with Gasteiger partial charge in [-0.05, 0) is 61.6 Å². The molecule has 1 aliphatic carbocycles. The quantitative estimate of drug-likeness (QED) is 0.813. The summed E-state index contributed by atoms with van der Waals surface area (Å²) >= 11 is 7.73. The van der Waals surface area contributed by atoms with Crippen molar-refractivity contribution < 1.29 is 4.79 Å². The van der Waals surface area contributed by atoms with Crippen molar-refractivity contribution in [3.05, 3.63) is 45.8 Å². The Hall–Kier alpha value is -2.36. The smallest absolute Gasteiger partial charge is 0.235 e. The molecule has 1 aromatic carbocycles. The fourth-order valence-electron chi connectivity index (χ4n) is 3.86. The van der Waals surface area contributed by atoms with Crippen molar-refractivity contribution in [1.82, 2.24) is 10.2 Å². The molecule has 0 radical (unpaired) electrons. The van der Waals surface area contributed by atoms with Crippen LogP contribution in [0.2, 0.25) is 5.02 Å². The van der Waals surface area contributed by atoms with E-state index in [1.165, 1.54) is 4.90 Å². The molecule has 1 aromatic heterocycles. The third-order valence-corrected chi connectivity index (χ3v) is 7.04. The van der Waals surface area contributed by atoms with Gasteiger partial charge in [0.2, 0.25) is 5.91 Å². The molecule has 5 nitrogen and oxygen atoms in total. The van der Waals surface area contributed by atoms with Crippen molar-refractivity contribution >= 4 is 34.8 Å². The van der Waals surface area contributed by atoms with E-state index >= 15 is 0 Å². The van der Waals surface area contributed by atoms with Crippen LogP contribution in [0.3, 0.4) is 0 Å². The summed E-state index contributed by atoms with van der Waals surface area (Å²) in [5, 5.41) is 21.2. The normalized spacial score (nSPS) is 25.3. The molecule has 27 heavy (non-hydrogen) atoms. The molecule has 7 heteroatoms. The molecule has 1 amide bonds. The summed E-state index contributed by atoms with van der Waals surface area (Å²) in [7, 11) is 1.65. The van der Waals surface area contributed by atoms with Crippen molar-refractivity contribution in [3.63, 3.8) is 0 Å². The highest BCUT2D eigenvalue weighted by Gasteiger charge is 2.54. The minimum absolute atomic E-state index is 0.00761. The van der Waals surface area contributed by atoms with E-state index < -0.39 is 5.54 Å². The molecule has 1 unspecified atom stereocenters. The van der Waals surface area contributed by atoms with E-state index in [2.05, 4.69) is 11.4 Å². The zero-order valence-corrected chi connectivity index (χ0v) is 16.6. The van der Waals surface area contributed by atoms with Gasteiger partial charge in [0.05, 0.1) is 23.1 Å². The average Bonchev–Trinajstić information content (AvgIpc) is 3.32. The first-order chi connectivity index (χ1) is 12.8. The van der Waals surface area contributed by atoms with Gasteiger partial charge < -0.3 is 5.32 Å². The number of halogens is 1. The maximum Gasteiger partial charge on any atom is 0.235 e. The van der Waals surface area contributed by atoms with Gasteiger partial charge in [-0.1, -0.05) is 11.6 Å². The second-order valence-electron chi connectivity index (χ2n) is 7.39. The van der Waals surface area contributed by atoms with Crippen LogP contribution >= 0.6 is 22.9 Å². The van der Waals surface area contributed by atoms with Crippen molar-refractivity contribution in [3.8, 4) is 16.5 Å². The second kappa shape index (κ2) is 6.36. The number of carbonyl (C=O) groups excluding carboxylic acids is 1. The number of amides is 1. The van der Waals surface area contributed by atoms with Crippen molar-refractivity contribution in [2.45, 2.75) is 25.3 Å². The average molecular weight is 399 g/mol. The van der Waals surface area contributed by atoms with E-state index in [0.717, 1.165) is 28.2 Å². The first-order valence-corrected chi connectivity index (χ1v) is 9.98. The van der Waals surface area contributed by atoms with Gasteiger partial charge in [0.25, 0.3) is 0 Å². The number of hydrogen-bond acceptors (Lipinski definition) is 4. The third kappa shape index (κ3) is 3.01. The number of nitrogens with zero attached hydrogens (tertiary/aromatic N) is 2. The number of nitrogens with one attached hydrogen (secondary N) is 2. The standard InChI is InChI=1S/C20H19ClN4OS/c1-20(17(12-3-4-12)18(26)25(2)19(23)24-20)16-6-5-15(27-16)13-7-11(10-22)8-14(21)9-13/h5-9,12,17H,3-4H2,1-2H3,(H2,23,24)/t17?,20-/m1/s1. The zero-order chi connectivity index (χ0) is 19.3. The summed E-state index contributed by atoms with van der Waals surface area (Å²) < 4.78 is 0. The fraction of sp³-hybridized carbons (Fsp3) is 0.350. The molecule has 2 atom stereocenters. The molecular formula is C20H19ClN4OS. The zero-order valence-electron chi connectivity index (χ0n) is 15.0. The lowest BCUT2D eigenvalue weighted by Crippen LogP contribution is -2.64. The predicted octanol–water partition coefficient (Wildman–Crippen LogP) is 4.18. The molecule has 0 bridgehead atoms. The Labute approximate surface area is 167 Å². The van der Waals surface area contributed by atoms with E-state index in [4.69, 9.17) is 17.0 Å². The van der Waals surface area contributed by atoms with Crippen LogP contribution in [-0.4, -0.2) is 23.8 Å². The number of nitriles is 1. The predicted molar refractivity (Wildman–Crippen MR) is 107 cm³/mol. The van der Waals surface area contributed by atoms with Gasteiger partial charge in [-0.2, -0.15) is 5.26 Å². The highest BCUT2D eigenvalue weighted by molar-refractivity contribution is 7.15. The summed E-state index contributed by atoms with van der Waals surface area (Å²) in [6.45, 7) is 2.02. The van der Waals surface area contributed by atoms with E-state index in [1.54, 1.807) is 24.5 Å². The summed E-state index contributed by atoms with van der Waals surface area (Å²) in [6, 6.07) is 11.4. The highest BCUT2D eigenvalue weighted by atomic mass is 35.5. The fourth-order valence-corrected chi connectivity index (χ4v) is 5.23. The van der Waals surface area contributed by atoms with Crippen molar-refractivity contribution in [1.29, 1.82) is 10.7 Å². The third-order valence-electron chi connectivity index (χ3n) is 5.45. The highest BCUT2D eigenvalue weighted by Crippen LogP contribution is 2.50. The van der Waals surface area contributed by atoms with E-state index in [0.29, 0.717) is 16.5 Å². The molecule has 0 spiro atoms. The van der Waals surface area contributed by atoms with Crippen LogP contribution in [0.5, 0.6) is 0 Å². The van der Waals surface area contributed by atoms with Gasteiger partial charge in [0, 0.05) is 21.8 Å². The maximum absolute atomic E-state index is 12.9. The molecule has 1 saturated heterocycles. The Morgan fingerprint density at radius 1 is 1.37 bits per heavy atom. The van der Waals surface area contributed by atoms with Gasteiger partial charge in [-0.25, -0.2) is 0 Å². The largest absolute Gasteiger partial charge is 0.345 e. The second-order valence-corrected chi connectivity index (χ2v) is 8.91. The number of carbonyl (C=O) groups is 1. The first kappa shape index (κ1) is 18.0. The molecule has 138 valence electrons. The number of guanidine groups is 1. The molecular weight excluding hydrogens is 380 g/mol. The Bertz CT molecular complexity index is 990. The topological polar surface area (TPSA) is 80.0 Å².